The Morgan fingerprint density at radius 3 is 2.47 bits per heavy atom. The Labute approximate surface area is 253 Å². The first kappa shape index (κ1) is 29.0. The van der Waals surface area contributed by atoms with Gasteiger partial charge in [-0.2, -0.15) is 5.10 Å². The fraction of sp³-hybridized carbons (Fsp3) is 0.0909. The van der Waals surface area contributed by atoms with Crippen molar-refractivity contribution in [1.29, 1.82) is 0 Å². The third kappa shape index (κ3) is 7.84. The van der Waals surface area contributed by atoms with E-state index in [4.69, 9.17) is 9.47 Å². The molecule has 5 aromatic rings. The molecule has 4 aromatic carbocycles. The molecule has 3 N–H and O–H groups in total. The predicted octanol–water partition coefficient (Wildman–Crippen LogP) is 6.65. The topological polar surface area (TPSA) is 114 Å². The Hall–Kier alpha value is -5.48. The Balaban J connectivity index is 1.13. The van der Waals surface area contributed by atoms with E-state index < -0.39 is 0 Å². The van der Waals surface area contributed by atoms with E-state index in [1.807, 2.05) is 79.0 Å². The van der Waals surface area contributed by atoms with Crippen LogP contribution in [0.25, 0.3) is 11.3 Å². The molecule has 5 rings (SSSR count). The van der Waals surface area contributed by atoms with Gasteiger partial charge in [0.25, 0.3) is 11.8 Å². The van der Waals surface area contributed by atoms with Gasteiger partial charge in [-0.15, -0.1) is 11.3 Å². The van der Waals surface area contributed by atoms with E-state index in [1.165, 1.54) is 24.7 Å². The number of benzene rings is 4. The molecule has 0 bridgehead atoms. The molecular formula is C33H29N5O4S. The third-order valence-corrected chi connectivity index (χ3v) is 7.08. The van der Waals surface area contributed by atoms with Gasteiger partial charge >= 0.3 is 0 Å². The van der Waals surface area contributed by atoms with Gasteiger partial charge in [0.05, 0.1) is 19.0 Å². The monoisotopic (exact) mass is 591 g/mol. The van der Waals surface area contributed by atoms with Gasteiger partial charge in [0.2, 0.25) is 0 Å². The van der Waals surface area contributed by atoms with E-state index in [9.17, 15) is 9.59 Å². The number of hydrazone groups is 1. The summed E-state index contributed by atoms with van der Waals surface area (Å²) in [4.78, 5) is 29.6. The maximum absolute atomic E-state index is 12.6. The van der Waals surface area contributed by atoms with E-state index in [1.54, 1.807) is 30.3 Å². The molecule has 0 atom stereocenters. The van der Waals surface area contributed by atoms with Crippen LogP contribution in [0.4, 0.5) is 16.5 Å². The number of para-hydroxylation sites is 2. The van der Waals surface area contributed by atoms with Crippen LogP contribution in [-0.4, -0.2) is 36.7 Å². The lowest BCUT2D eigenvalue weighted by Gasteiger charge is -2.12. The predicted molar refractivity (Wildman–Crippen MR) is 171 cm³/mol. The van der Waals surface area contributed by atoms with E-state index in [2.05, 4.69) is 26.1 Å². The smallest absolute Gasteiger partial charge is 0.271 e. The van der Waals surface area contributed by atoms with Crippen LogP contribution in [-0.2, 0) is 4.79 Å². The van der Waals surface area contributed by atoms with Gasteiger partial charge in [-0.1, -0.05) is 48.5 Å². The van der Waals surface area contributed by atoms with E-state index in [-0.39, 0.29) is 18.4 Å². The SMILES string of the molecule is COc1cc(/C=N/NC(=O)c2ccc(-c3csc(Nc4ccccc4)n3)cc2)ccc1OCC(=O)Nc1ccccc1C. The molecule has 0 saturated carbocycles. The minimum atomic E-state index is -0.348. The van der Waals surface area contributed by atoms with Crippen molar-refractivity contribution in [2.45, 2.75) is 6.92 Å². The lowest BCUT2D eigenvalue weighted by molar-refractivity contribution is -0.118. The van der Waals surface area contributed by atoms with Crippen LogP contribution >= 0.6 is 11.3 Å². The van der Waals surface area contributed by atoms with Crippen LogP contribution < -0.4 is 25.5 Å². The van der Waals surface area contributed by atoms with E-state index >= 15 is 0 Å². The summed E-state index contributed by atoms with van der Waals surface area (Å²) in [5.41, 5.74) is 8.06. The van der Waals surface area contributed by atoms with Gasteiger partial charge < -0.3 is 20.1 Å². The normalized spacial score (nSPS) is 10.7. The Kier molecular flexibility index (Phi) is 9.40. The number of aromatic nitrogens is 1. The van der Waals surface area contributed by atoms with Crippen molar-refractivity contribution < 1.29 is 19.1 Å². The first-order chi connectivity index (χ1) is 21.0. The van der Waals surface area contributed by atoms with Crippen molar-refractivity contribution in [2.24, 2.45) is 5.10 Å². The fourth-order valence-corrected chi connectivity index (χ4v) is 4.80. The first-order valence-electron chi connectivity index (χ1n) is 13.4. The Morgan fingerprint density at radius 1 is 0.930 bits per heavy atom. The number of carbonyl (C=O) groups excluding carboxylic acids is 2. The first-order valence-corrected chi connectivity index (χ1v) is 14.2. The van der Waals surface area contributed by atoms with Crippen LogP contribution in [0, 0.1) is 6.92 Å². The lowest BCUT2D eigenvalue weighted by atomic mass is 10.1. The fourth-order valence-electron chi connectivity index (χ4n) is 4.06. The zero-order valence-corrected chi connectivity index (χ0v) is 24.4. The summed E-state index contributed by atoms with van der Waals surface area (Å²) in [5, 5.41) is 12.9. The molecule has 0 fully saturated rings. The minimum absolute atomic E-state index is 0.179. The number of carbonyl (C=O) groups is 2. The van der Waals surface area contributed by atoms with Gasteiger partial charge in [0.1, 0.15) is 0 Å². The quantitative estimate of drug-likeness (QED) is 0.117. The Bertz CT molecular complexity index is 1740. The highest BCUT2D eigenvalue weighted by molar-refractivity contribution is 7.14. The molecule has 43 heavy (non-hydrogen) atoms. The number of aryl methyl sites for hydroxylation is 1. The average molecular weight is 592 g/mol. The zero-order valence-electron chi connectivity index (χ0n) is 23.5. The molecule has 0 aliphatic heterocycles. The van der Waals surface area contributed by atoms with Crippen molar-refractivity contribution in [1.82, 2.24) is 10.4 Å². The molecule has 1 aromatic heterocycles. The number of nitrogens with zero attached hydrogens (tertiary/aromatic N) is 2. The highest BCUT2D eigenvalue weighted by atomic mass is 32.1. The molecule has 0 aliphatic rings. The summed E-state index contributed by atoms with van der Waals surface area (Å²) in [6, 6.07) is 29.7. The summed E-state index contributed by atoms with van der Waals surface area (Å²) in [5.74, 6) is 0.207. The molecule has 0 spiro atoms. The standard InChI is InChI=1S/C33H29N5O4S/c1-22-8-6-7-11-27(22)36-31(39)20-42-29-17-12-23(18-30(29)41-2)19-34-38-32(40)25-15-13-24(14-16-25)28-21-43-33(37-28)35-26-9-4-3-5-10-26/h3-19,21H,20H2,1-2H3,(H,35,37)(H,36,39)(H,38,40)/b34-19+. The van der Waals surface area contributed by atoms with Crippen LogP contribution in [0.15, 0.2) is 108 Å². The molecule has 1 heterocycles. The van der Waals surface area contributed by atoms with Gasteiger partial charge in [0.15, 0.2) is 23.2 Å². The maximum Gasteiger partial charge on any atom is 0.271 e. The molecule has 2 amide bonds. The second-order valence-corrected chi connectivity index (χ2v) is 10.2. The number of hydrogen-bond acceptors (Lipinski definition) is 8. The van der Waals surface area contributed by atoms with Crippen LogP contribution in [0.2, 0.25) is 0 Å². The average Bonchev–Trinajstić information content (AvgIpc) is 3.50. The molecule has 0 unspecified atom stereocenters. The number of anilines is 3. The van der Waals surface area contributed by atoms with Crippen LogP contribution in [0.1, 0.15) is 21.5 Å². The van der Waals surface area contributed by atoms with Crippen molar-refractivity contribution in [3.8, 4) is 22.8 Å². The third-order valence-electron chi connectivity index (χ3n) is 6.32. The number of hydrogen-bond donors (Lipinski definition) is 3. The van der Waals surface area contributed by atoms with Crippen molar-refractivity contribution >= 4 is 45.9 Å². The number of ether oxygens (including phenoxy) is 2. The van der Waals surface area contributed by atoms with Gasteiger partial charge in [-0.05, 0) is 66.6 Å². The zero-order chi connectivity index (χ0) is 30.0. The summed E-state index contributed by atoms with van der Waals surface area (Å²) in [6.45, 7) is 1.74. The van der Waals surface area contributed by atoms with Crippen molar-refractivity contribution in [3.63, 3.8) is 0 Å². The number of nitrogens with one attached hydrogen (secondary N) is 3. The van der Waals surface area contributed by atoms with Gasteiger partial charge in [-0.25, -0.2) is 10.4 Å². The Morgan fingerprint density at radius 2 is 1.70 bits per heavy atom. The summed E-state index contributed by atoms with van der Waals surface area (Å²) < 4.78 is 11.1. The number of methoxy groups -OCH3 is 1. The number of amides is 2. The number of rotatable bonds is 11. The highest BCUT2D eigenvalue weighted by Gasteiger charge is 2.11. The molecule has 0 aliphatic carbocycles. The van der Waals surface area contributed by atoms with E-state index in [0.29, 0.717) is 22.6 Å². The van der Waals surface area contributed by atoms with Crippen molar-refractivity contribution in [3.05, 3.63) is 119 Å². The second-order valence-electron chi connectivity index (χ2n) is 9.37. The molecular weight excluding hydrogens is 562 g/mol. The summed E-state index contributed by atoms with van der Waals surface area (Å²) in [6.07, 6.45) is 1.50. The largest absolute Gasteiger partial charge is 0.493 e. The summed E-state index contributed by atoms with van der Waals surface area (Å²) >= 11 is 1.51. The molecule has 9 nitrogen and oxygen atoms in total. The molecule has 0 saturated heterocycles. The minimum Gasteiger partial charge on any atom is -0.493 e. The second kappa shape index (κ2) is 13.9. The molecule has 0 radical (unpaired) electrons. The van der Waals surface area contributed by atoms with Crippen LogP contribution in [0.3, 0.4) is 0 Å². The summed E-state index contributed by atoms with van der Waals surface area (Å²) in [7, 11) is 1.51. The number of thiazole rings is 1. The van der Waals surface area contributed by atoms with E-state index in [0.717, 1.165) is 33.3 Å². The lowest BCUT2D eigenvalue weighted by Crippen LogP contribution is -2.20. The van der Waals surface area contributed by atoms with Gasteiger partial charge in [0, 0.05) is 27.9 Å². The maximum atomic E-state index is 12.6. The van der Waals surface area contributed by atoms with Crippen molar-refractivity contribution in [2.75, 3.05) is 24.4 Å². The molecule has 216 valence electrons. The molecule has 10 heteroatoms. The van der Waals surface area contributed by atoms with Crippen LogP contribution in [0.5, 0.6) is 11.5 Å². The van der Waals surface area contributed by atoms with Gasteiger partial charge in [-0.3, -0.25) is 9.59 Å². The highest BCUT2D eigenvalue weighted by Crippen LogP contribution is 2.28.